The van der Waals surface area contributed by atoms with Crippen molar-refractivity contribution in [1.82, 2.24) is 20.0 Å². The highest BCUT2D eigenvalue weighted by Crippen LogP contribution is 2.20. The predicted molar refractivity (Wildman–Crippen MR) is 118 cm³/mol. The number of rotatable bonds is 4. The summed E-state index contributed by atoms with van der Waals surface area (Å²) < 4.78 is 14.6. The summed E-state index contributed by atoms with van der Waals surface area (Å²) in [7, 11) is 1.66. The Balaban J connectivity index is 1.63. The molecular weight excluding hydrogens is 397 g/mol. The molecule has 0 unspecified atom stereocenters. The number of nitrogens with one attached hydrogen (secondary N) is 1. The van der Waals surface area contributed by atoms with Crippen molar-refractivity contribution in [2.45, 2.75) is 6.42 Å². The number of carbonyl (C=O) groups is 1. The summed E-state index contributed by atoms with van der Waals surface area (Å²) in [5.74, 6) is -0.257. The van der Waals surface area contributed by atoms with E-state index in [9.17, 15) is 14.0 Å². The van der Waals surface area contributed by atoms with Crippen molar-refractivity contribution in [3.63, 3.8) is 0 Å². The maximum Gasteiger partial charge on any atom is 0.272 e. The maximum absolute atomic E-state index is 14.6. The van der Waals surface area contributed by atoms with Gasteiger partial charge in [0.25, 0.3) is 11.5 Å². The molecular formula is C23H22FN5O2. The number of aromatic nitrogens is 2. The van der Waals surface area contributed by atoms with Crippen LogP contribution >= 0.6 is 0 Å². The van der Waals surface area contributed by atoms with Gasteiger partial charge in [0.05, 0.1) is 23.2 Å². The van der Waals surface area contributed by atoms with Crippen LogP contribution in [0.4, 0.5) is 4.39 Å². The summed E-state index contributed by atoms with van der Waals surface area (Å²) in [5.41, 5.74) is 1.12. The third kappa shape index (κ3) is 3.96. The van der Waals surface area contributed by atoms with Crippen molar-refractivity contribution < 1.29 is 9.18 Å². The zero-order valence-electron chi connectivity index (χ0n) is 17.1. The molecule has 4 rings (SSSR count). The number of benzene rings is 2. The van der Waals surface area contributed by atoms with Gasteiger partial charge >= 0.3 is 0 Å². The molecule has 1 fully saturated rings. The molecule has 0 spiro atoms. The molecule has 2 heterocycles. The van der Waals surface area contributed by atoms with Crippen molar-refractivity contribution in [2.24, 2.45) is 4.99 Å². The molecule has 7 nitrogen and oxygen atoms in total. The lowest BCUT2D eigenvalue weighted by Crippen LogP contribution is -2.50. The van der Waals surface area contributed by atoms with Gasteiger partial charge in [0.1, 0.15) is 11.7 Å². The summed E-state index contributed by atoms with van der Waals surface area (Å²) in [6.45, 7) is 5.04. The summed E-state index contributed by atoms with van der Waals surface area (Å²) in [5, 5.41) is 7.94. The van der Waals surface area contributed by atoms with Gasteiger partial charge in [-0.05, 0) is 30.0 Å². The number of nitrogens with zero attached hydrogens (tertiary/aromatic N) is 4. The highest BCUT2D eigenvalue weighted by atomic mass is 19.1. The number of aromatic amines is 1. The van der Waals surface area contributed by atoms with Crippen LogP contribution in [-0.4, -0.2) is 58.4 Å². The zero-order valence-corrected chi connectivity index (χ0v) is 17.1. The SMILES string of the molecule is C=CN1CCN(C(=O)c2cc(Cc3n[nH]c(=O)c4ccccc34)ccc2F)CC1=NC. The monoisotopic (exact) mass is 419 g/mol. The van der Waals surface area contributed by atoms with E-state index in [4.69, 9.17) is 0 Å². The Morgan fingerprint density at radius 2 is 2.03 bits per heavy atom. The summed E-state index contributed by atoms with van der Waals surface area (Å²) >= 11 is 0. The van der Waals surface area contributed by atoms with Crippen LogP contribution in [0.15, 0.2) is 65.0 Å². The fourth-order valence-electron chi connectivity index (χ4n) is 3.78. The molecule has 1 aliphatic heterocycles. The zero-order chi connectivity index (χ0) is 22.0. The van der Waals surface area contributed by atoms with Gasteiger partial charge in [-0.2, -0.15) is 5.10 Å². The molecule has 0 aliphatic carbocycles. The van der Waals surface area contributed by atoms with Gasteiger partial charge in [0.2, 0.25) is 0 Å². The lowest BCUT2D eigenvalue weighted by molar-refractivity contribution is 0.0750. The van der Waals surface area contributed by atoms with Crippen LogP contribution in [0.2, 0.25) is 0 Å². The average Bonchev–Trinajstić information content (AvgIpc) is 2.81. The van der Waals surface area contributed by atoms with Gasteiger partial charge in [0, 0.05) is 31.9 Å². The normalized spacial score (nSPS) is 15.5. The molecule has 1 saturated heterocycles. The van der Waals surface area contributed by atoms with E-state index in [1.807, 2.05) is 17.0 Å². The largest absolute Gasteiger partial charge is 0.334 e. The first-order valence-corrected chi connectivity index (χ1v) is 9.90. The van der Waals surface area contributed by atoms with E-state index in [0.29, 0.717) is 36.4 Å². The quantitative estimate of drug-likeness (QED) is 0.705. The van der Waals surface area contributed by atoms with Gasteiger partial charge < -0.3 is 9.80 Å². The molecule has 2 aromatic carbocycles. The van der Waals surface area contributed by atoms with Crippen LogP contribution in [0.3, 0.4) is 0 Å². The Bertz CT molecular complexity index is 1250. The average molecular weight is 419 g/mol. The molecule has 1 N–H and O–H groups in total. The topological polar surface area (TPSA) is 81.7 Å². The van der Waals surface area contributed by atoms with Crippen molar-refractivity contribution in [3.8, 4) is 0 Å². The highest BCUT2D eigenvalue weighted by Gasteiger charge is 2.26. The van der Waals surface area contributed by atoms with E-state index in [1.54, 1.807) is 42.4 Å². The number of piperazine rings is 1. The van der Waals surface area contributed by atoms with E-state index in [1.165, 1.54) is 6.07 Å². The van der Waals surface area contributed by atoms with E-state index in [-0.39, 0.29) is 23.6 Å². The Labute approximate surface area is 178 Å². The number of carbonyl (C=O) groups excluding carboxylic acids is 1. The summed E-state index contributed by atoms with van der Waals surface area (Å²) in [6.07, 6.45) is 2.02. The van der Waals surface area contributed by atoms with Gasteiger partial charge in [0.15, 0.2) is 0 Å². The number of hydrogen-bond acceptors (Lipinski definition) is 4. The highest BCUT2D eigenvalue weighted by molar-refractivity contribution is 5.98. The Morgan fingerprint density at radius 1 is 1.26 bits per heavy atom. The molecule has 158 valence electrons. The molecule has 1 aliphatic rings. The van der Waals surface area contributed by atoms with Gasteiger partial charge in [-0.3, -0.25) is 14.6 Å². The van der Waals surface area contributed by atoms with Crippen LogP contribution in [0.1, 0.15) is 21.6 Å². The molecule has 0 bridgehead atoms. The predicted octanol–water partition coefficient (Wildman–Crippen LogP) is 2.58. The van der Waals surface area contributed by atoms with Crippen LogP contribution in [0.5, 0.6) is 0 Å². The third-order valence-electron chi connectivity index (χ3n) is 5.45. The van der Waals surface area contributed by atoms with Crippen molar-refractivity contribution in [2.75, 3.05) is 26.7 Å². The summed E-state index contributed by atoms with van der Waals surface area (Å²) in [4.78, 5) is 32.7. The Morgan fingerprint density at radius 3 is 2.77 bits per heavy atom. The van der Waals surface area contributed by atoms with Crippen LogP contribution in [0.25, 0.3) is 10.8 Å². The van der Waals surface area contributed by atoms with Crippen LogP contribution in [-0.2, 0) is 6.42 Å². The second-order valence-corrected chi connectivity index (χ2v) is 7.28. The first-order valence-electron chi connectivity index (χ1n) is 9.90. The smallest absolute Gasteiger partial charge is 0.272 e. The Hall–Kier alpha value is -3.81. The van der Waals surface area contributed by atoms with E-state index in [0.717, 1.165) is 10.9 Å². The van der Waals surface area contributed by atoms with Crippen molar-refractivity contribution in [3.05, 3.63) is 88.2 Å². The molecule has 3 aromatic rings. The fourth-order valence-corrected chi connectivity index (χ4v) is 3.78. The van der Waals surface area contributed by atoms with E-state index >= 15 is 0 Å². The lowest BCUT2D eigenvalue weighted by Gasteiger charge is -2.35. The number of amides is 1. The van der Waals surface area contributed by atoms with Crippen LogP contribution < -0.4 is 5.56 Å². The minimum atomic E-state index is -0.575. The van der Waals surface area contributed by atoms with E-state index < -0.39 is 5.82 Å². The first kappa shape index (κ1) is 20.5. The number of halogens is 1. The Kier molecular flexibility index (Phi) is 5.62. The third-order valence-corrected chi connectivity index (χ3v) is 5.45. The minimum Gasteiger partial charge on any atom is -0.334 e. The summed E-state index contributed by atoms with van der Waals surface area (Å²) in [6, 6.07) is 11.7. The molecule has 0 radical (unpaired) electrons. The molecule has 0 saturated carbocycles. The lowest BCUT2D eigenvalue weighted by atomic mass is 10.0. The molecule has 8 heteroatoms. The van der Waals surface area contributed by atoms with Crippen LogP contribution in [0, 0.1) is 5.82 Å². The number of H-pyrrole nitrogens is 1. The molecule has 0 atom stereocenters. The maximum atomic E-state index is 14.6. The standard InChI is InChI=1S/C23H22FN5O2/c1-3-28-10-11-29(14-21(28)25-2)23(31)18-12-15(8-9-19(18)24)13-20-16-6-4-5-7-17(16)22(30)27-26-20/h3-9,12H,1,10-11,13-14H2,2H3,(H,27,30). The van der Waals surface area contributed by atoms with E-state index in [2.05, 4.69) is 21.8 Å². The number of aliphatic imine (C=N–C) groups is 1. The van der Waals surface area contributed by atoms with Gasteiger partial charge in [-0.15, -0.1) is 0 Å². The van der Waals surface area contributed by atoms with Gasteiger partial charge in [-0.1, -0.05) is 30.8 Å². The molecule has 1 amide bonds. The fraction of sp³-hybridized carbons (Fsp3) is 0.217. The molecule has 31 heavy (non-hydrogen) atoms. The van der Waals surface area contributed by atoms with Crippen molar-refractivity contribution >= 4 is 22.5 Å². The second kappa shape index (κ2) is 8.51. The number of amidine groups is 1. The minimum absolute atomic E-state index is 0.00809. The second-order valence-electron chi connectivity index (χ2n) is 7.28. The van der Waals surface area contributed by atoms with Crippen molar-refractivity contribution in [1.29, 1.82) is 0 Å². The number of fused-ring (bicyclic) bond motifs is 1. The van der Waals surface area contributed by atoms with Gasteiger partial charge in [-0.25, -0.2) is 9.49 Å². The molecule has 1 aromatic heterocycles. The first-order chi connectivity index (χ1) is 15.0. The number of hydrogen-bond donors (Lipinski definition) is 1.